The first-order valence-electron chi connectivity index (χ1n) is 9.86. The molecule has 0 unspecified atom stereocenters. The van der Waals surface area contributed by atoms with Crippen LogP contribution in [-0.2, 0) is 7.05 Å². The van der Waals surface area contributed by atoms with Crippen molar-refractivity contribution in [2.45, 2.75) is 13.0 Å². The monoisotopic (exact) mass is 418 g/mol. The predicted molar refractivity (Wildman–Crippen MR) is 121 cm³/mol. The van der Waals surface area contributed by atoms with E-state index in [4.69, 9.17) is 0 Å². The smallest absolute Gasteiger partial charge is 0.297 e. The van der Waals surface area contributed by atoms with Gasteiger partial charge in [-0.1, -0.05) is 72.8 Å². The molecule has 7 nitrogen and oxygen atoms in total. The number of benzene rings is 2. The minimum absolute atomic E-state index is 0.219. The topological polar surface area (TPSA) is 87.5 Å². The van der Waals surface area contributed by atoms with Gasteiger partial charge in [-0.3, -0.25) is 14.2 Å². The van der Waals surface area contributed by atoms with Crippen molar-refractivity contribution in [2.75, 3.05) is 18.5 Å². The first-order chi connectivity index (χ1) is 14.8. The van der Waals surface area contributed by atoms with Crippen molar-refractivity contribution in [1.82, 2.24) is 14.9 Å². The van der Waals surface area contributed by atoms with Crippen LogP contribution in [0.2, 0.25) is 0 Å². The molecule has 0 aliphatic heterocycles. The van der Waals surface area contributed by atoms with Crippen LogP contribution in [0.3, 0.4) is 0 Å². The van der Waals surface area contributed by atoms with Crippen LogP contribution in [0.4, 0.5) is 5.95 Å². The molecule has 0 aliphatic rings. The largest absolute Gasteiger partial charge is 0.501 e. The zero-order chi connectivity index (χ0) is 22.5. The van der Waals surface area contributed by atoms with Crippen LogP contribution in [0.1, 0.15) is 34.6 Å². The molecule has 31 heavy (non-hydrogen) atoms. The van der Waals surface area contributed by atoms with Gasteiger partial charge in [0, 0.05) is 20.6 Å². The van der Waals surface area contributed by atoms with Crippen LogP contribution in [0.25, 0.3) is 0 Å². The summed E-state index contributed by atoms with van der Waals surface area (Å²) in [5.41, 5.74) is 1.71. The number of nitrogens with one attached hydrogen (secondary N) is 1. The summed E-state index contributed by atoms with van der Waals surface area (Å²) in [4.78, 5) is 31.5. The Labute approximate surface area is 181 Å². The van der Waals surface area contributed by atoms with Gasteiger partial charge in [-0.15, -0.1) is 0 Å². The Kier molecular flexibility index (Phi) is 6.55. The number of anilines is 1. The van der Waals surface area contributed by atoms with Crippen molar-refractivity contribution in [2.24, 2.45) is 7.05 Å². The second-order valence-corrected chi connectivity index (χ2v) is 7.45. The second kappa shape index (κ2) is 9.30. The Balaban J connectivity index is 2.12. The van der Waals surface area contributed by atoms with E-state index in [1.165, 1.54) is 11.6 Å². The fourth-order valence-electron chi connectivity index (χ4n) is 3.39. The fourth-order valence-corrected chi connectivity index (χ4v) is 3.39. The third-order valence-corrected chi connectivity index (χ3v) is 4.94. The Morgan fingerprint density at radius 2 is 1.65 bits per heavy atom. The fraction of sp³-hybridized carbons (Fsp3) is 0.208. The van der Waals surface area contributed by atoms with E-state index in [0.717, 1.165) is 16.7 Å². The molecule has 0 saturated carbocycles. The molecule has 0 bridgehead atoms. The van der Waals surface area contributed by atoms with Crippen LogP contribution in [-0.4, -0.2) is 34.2 Å². The van der Waals surface area contributed by atoms with Crippen molar-refractivity contribution in [3.05, 3.63) is 100.0 Å². The summed E-state index contributed by atoms with van der Waals surface area (Å²) < 4.78 is 1.24. The highest BCUT2D eigenvalue weighted by molar-refractivity contribution is 5.95. The molecule has 0 saturated heterocycles. The number of carbonyl (C=O) groups excluding carboxylic acids is 1. The highest BCUT2D eigenvalue weighted by Crippen LogP contribution is 2.30. The van der Waals surface area contributed by atoms with Gasteiger partial charge in [0.15, 0.2) is 5.69 Å². The molecular formula is C24H26N4O3. The van der Waals surface area contributed by atoms with E-state index < -0.39 is 17.2 Å². The molecule has 3 aromatic rings. The van der Waals surface area contributed by atoms with Crippen LogP contribution in [0.15, 0.2) is 77.6 Å². The Hall–Kier alpha value is -3.87. The number of rotatable bonds is 7. The molecule has 0 aliphatic carbocycles. The lowest BCUT2D eigenvalue weighted by atomic mass is 9.97. The number of aromatic hydroxyl groups is 1. The van der Waals surface area contributed by atoms with Crippen molar-refractivity contribution in [1.29, 1.82) is 0 Å². The number of amides is 1. The lowest BCUT2D eigenvalue weighted by Crippen LogP contribution is -2.35. The summed E-state index contributed by atoms with van der Waals surface area (Å²) >= 11 is 0. The number of nitrogens with zero attached hydrogens (tertiary/aromatic N) is 3. The van der Waals surface area contributed by atoms with Crippen molar-refractivity contribution in [3.8, 4) is 5.75 Å². The van der Waals surface area contributed by atoms with Crippen LogP contribution < -0.4 is 15.8 Å². The minimum Gasteiger partial charge on any atom is -0.501 e. The quantitative estimate of drug-likeness (QED) is 0.576. The third-order valence-electron chi connectivity index (χ3n) is 4.94. The highest BCUT2D eigenvalue weighted by Gasteiger charge is 2.26. The van der Waals surface area contributed by atoms with E-state index in [0.29, 0.717) is 0 Å². The van der Waals surface area contributed by atoms with Gasteiger partial charge in [0.2, 0.25) is 11.7 Å². The summed E-state index contributed by atoms with van der Waals surface area (Å²) in [6.45, 7) is 5.72. The molecule has 1 aromatic heterocycles. The van der Waals surface area contributed by atoms with Gasteiger partial charge in [0.25, 0.3) is 11.5 Å². The Morgan fingerprint density at radius 1 is 1.13 bits per heavy atom. The van der Waals surface area contributed by atoms with Gasteiger partial charge in [0.1, 0.15) is 0 Å². The summed E-state index contributed by atoms with van der Waals surface area (Å²) in [5.74, 6) is -1.07. The van der Waals surface area contributed by atoms with E-state index in [1.807, 2.05) is 65.6 Å². The average molecular weight is 418 g/mol. The number of hydrogen-bond acceptors (Lipinski definition) is 5. The van der Waals surface area contributed by atoms with Gasteiger partial charge in [-0.05, 0) is 18.1 Å². The van der Waals surface area contributed by atoms with Crippen LogP contribution in [0.5, 0.6) is 5.75 Å². The first kappa shape index (κ1) is 21.8. The minimum atomic E-state index is -0.697. The van der Waals surface area contributed by atoms with E-state index in [1.54, 1.807) is 14.0 Å². The lowest BCUT2D eigenvalue weighted by molar-refractivity contribution is 0.0948. The first-order valence-corrected chi connectivity index (χ1v) is 9.86. The molecule has 0 radical (unpaired) electrons. The van der Waals surface area contributed by atoms with Gasteiger partial charge >= 0.3 is 0 Å². The number of aromatic nitrogens is 2. The summed E-state index contributed by atoms with van der Waals surface area (Å²) in [5, 5.41) is 12.9. The SMILES string of the molecule is C=C(C)CNC(=O)c1nc(N(C)C(c2ccccc2)c2ccccc2)n(C)c(=O)c1O. The molecule has 1 amide bonds. The molecule has 7 heteroatoms. The lowest BCUT2D eigenvalue weighted by Gasteiger charge is -2.31. The Morgan fingerprint density at radius 3 is 2.13 bits per heavy atom. The average Bonchev–Trinajstić information content (AvgIpc) is 2.77. The van der Waals surface area contributed by atoms with Crippen molar-refractivity contribution >= 4 is 11.9 Å². The summed E-state index contributed by atoms with van der Waals surface area (Å²) in [7, 11) is 3.32. The van der Waals surface area contributed by atoms with Crippen LogP contribution in [0, 0.1) is 0 Å². The third kappa shape index (κ3) is 4.66. The molecule has 0 fully saturated rings. The predicted octanol–water partition coefficient (Wildman–Crippen LogP) is 3.02. The van der Waals surface area contributed by atoms with Crippen molar-refractivity contribution in [3.63, 3.8) is 0 Å². The zero-order valence-corrected chi connectivity index (χ0v) is 17.9. The maximum atomic E-state index is 12.7. The molecule has 2 N–H and O–H groups in total. The van der Waals surface area contributed by atoms with E-state index in [-0.39, 0.29) is 24.2 Å². The summed E-state index contributed by atoms with van der Waals surface area (Å²) in [6, 6.07) is 19.3. The normalized spacial score (nSPS) is 10.7. The standard InChI is InChI=1S/C24H26N4O3/c1-16(2)15-25-22(30)19-21(29)23(31)28(4)24(26-19)27(3)20(17-11-7-5-8-12-17)18-13-9-6-10-14-18/h5-14,20,29H,1,15H2,2-4H3,(H,25,30). The number of hydrogen-bond donors (Lipinski definition) is 2. The Bertz CT molecular complexity index is 1100. The molecule has 1 heterocycles. The van der Waals surface area contributed by atoms with Crippen molar-refractivity contribution < 1.29 is 9.90 Å². The zero-order valence-electron chi connectivity index (χ0n) is 17.9. The van der Waals surface area contributed by atoms with Gasteiger partial charge in [0.05, 0.1) is 6.04 Å². The molecule has 0 spiro atoms. The van der Waals surface area contributed by atoms with E-state index >= 15 is 0 Å². The second-order valence-electron chi connectivity index (χ2n) is 7.45. The van der Waals surface area contributed by atoms with Gasteiger partial charge in [-0.25, -0.2) is 4.98 Å². The summed E-state index contributed by atoms with van der Waals surface area (Å²) in [6.07, 6.45) is 0. The number of carbonyl (C=O) groups is 1. The van der Waals surface area contributed by atoms with E-state index in [9.17, 15) is 14.7 Å². The maximum Gasteiger partial charge on any atom is 0.297 e. The van der Waals surface area contributed by atoms with Gasteiger partial charge < -0.3 is 15.3 Å². The molecule has 3 rings (SSSR count). The molecule has 160 valence electrons. The highest BCUT2D eigenvalue weighted by atomic mass is 16.3. The maximum absolute atomic E-state index is 12.7. The van der Waals surface area contributed by atoms with E-state index in [2.05, 4.69) is 16.9 Å². The van der Waals surface area contributed by atoms with Crippen LogP contribution >= 0.6 is 0 Å². The molecule has 0 atom stereocenters. The molecular weight excluding hydrogens is 392 g/mol. The molecule has 2 aromatic carbocycles. The van der Waals surface area contributed by atoms with Gasteiger partial charge in [-0.2, -0.15) is 0 Å².